The van der Waals surface area contributed by atoms with Gasteiger partial charge in [0.1, 0.15) is 0 Å². The van der Waals surface area contributed by atoms with Crippen LogP contribution in [0.4, 0.5) is 0 Å². The molecule has 0 bridgehead atoms. The second-order valence-corrected chi connectivity index (χ2v) is 7.85. The minimum absolute atomic E-state index is 0.0234. The van der Waals surface area contributed by atoms with Crippen LogP contribution in [0.5, 0.6) is 0 Å². The summed E-state index contributed by atoms with van der Waals surface area (Å²) in [7, 11) is 0. The summed E-state index contributed by atoms with van der Waals surface area (Å²) < 4.78 is 1.97. The molecule has 0 atom stereocenters. The Balaban J connectivity index is 1.25. The number of rotatable bonds is 2. The maximum absolute atomic E-state index is 12.9. The number of carbonyl (C=O) groups excluding carboxylic acids is 2. The van der Waals surface area contributed by atoms with Gasteiger partial charge in [0.2, 0.25) is 0 Å². The molecule has 3 aromatic rings. The lowest BCUT2D eigenvalue weighted by Crippen LogP contribution is -2.50. The van der Waals surface area contributed by atoms with E-state index in [1.807, 2.05) is 63.0 Å². The van der Waals surface area contributed by atoms with E-state index >= 15 is 0 Å². The molecule has 1 fully saturated rings. The zero-order valence-corrected chi connectivity index (χ0v) is 16.4. The Morgan fingerprint density at radius 3 is 2.24 bits per heavy atom. The molecule has 2 aromatic carbocycles. The lowest BCUT2D eigenvalue weighted by molar-refractivity contribution is 0.0532. The SMILES string of the molecule is O=C(c1ccc2ccccc2c1)N1CCN(C(=O)c2cc3n(n2)CCCC3)CC1. The van der Waals surface area contributed by atoms with Crippen LogP contribution in [0.3, 0.4) is 0 Å². The van der Waals surface area contributed by atoms with Crippen LogP contribution in [-0.4, -0.2) is 57.6 Å². The quantitative estimate of drug-likeness (QED) is 0.678. The van der Waals surface area contributed by atoms with Crippen molar-refractivity contribution in [1.82, 2.24) is 19.6 Å². The van der Waals surface area contributed by atoms with Crippen molar-refractivity contribution in [1.29, 1.82) is 0 Å². The highest BCUT2D eigenvalue weighted by molar-refractivity contribution is 5.99. The number of aromatic nitrogens is 2. The van der Waals surface area contributed by atoms with Crippen LogP contribution in [0.15, 0.2) is 48.5 Å². The highest BCUT2D eigenvalue weighted by Gasteiger charge is 2.27. The molecule has 2 amide bonds. The Hall–Kier alpha value is -3.15. The largest absolute Gasteiger partial charge is 0.335 e. The highest BCUT2D eigenvalue weighted by Crippen LogP contribution is 2.19. The van der Waals surface area contributed by atoms with E-state index in [9.17, 15) is 9.59 Å². The van der Waals surface area contributed by atoms with Crippen molar-refractivity contribution in [3.8, 4) is 0 Å². The Morgan fingerprint density at radius 2 is 1.48 bits per heavy atom. The third-order valence-electron chi connectivity index (χ3n) is 5.99. The summed E-state index contributed by atoms with van der Waals surface area (Å²) in [4.78, 5) is 29.4. The number of piperazine rings is 1. The van der Waals surface area contributed by atoms with E-state index < -0.39 is 0 Å². The second kappa shape index (κ2) is 7.35. The smallest absolute Gasteiger partial charge is 0.274 e. The van der Waals surface area contributed by atoms with Gasteiger partial charge in [-0.25, -0.2) is 0 Å². The first-order valence-electron chi connectivity index (χ1n) is 10.3. The van der Waals surface area contributed by atoms with Gasteiger partial charge in [0.25, 0.3) is 11.8 Å². The van der Waals surface area contributed by atoms with E-state index in [-0.39, 0.29) is 11.8 Å². The van der Waals surface area contributed by atoms with E-state index in [0.717, 1.165) is 42.3 Å². The van der Waals surface area contributed by atoms with E-state index in [1.165, 1.54) is 0 Å². The minimum Gasteiger partial charge on any atom is -0.335 e. The van der Waals surface area contributed by atoms with Crippen LogP contribution in [0.1, 0.15) is 39.4 Å². The number of amides is 2. The van der Waals surface area contributed by atoms with Crippen LogP contribution in [-0.2, 0) is 13.0 Å². The Kier molecular flexibility index (Phi) is 4.54. The number of nitrogens with zero attached hydrogens (tertiary/aromatic N) is 4. The van der Waals surface area contributed by atoms with Crippen molar-refractivity contribution < 1.29 is 9.59 Å². The third-order valence-corrected chi connectivity index (χ3v) is 5.99. The predicted octanol–water partition coefficient (Wildman–Crippen LogP) is 2.97. The van der Waals surface area contributed by atoms with Gasteiger partial charge < -0.3 is 9.80 Å². The Bertz CT molecular complexity index is 1060. The molecule has 0 saturated carbocycles. The summed E-state index contributed by atoms with van der Waals surface area (Å²) in [6, 6.07) is 15.8. The summed E-state index contributed by atoms with van der Waals surface area (Å²) in [5.41, 5.74) is 2.39. The minimum atomic E-state index is -0.0234. The summed E-state index contributed by atoms with van der Waals surface area (Å²) in [6.45, 7) is 3.08. The average molecular weight is 388 g/mol. The molecule has 148 valence electrons. The van der Waals surface area contributed by atoms with E-state index in [2.05, 4.69) is 5.10 Å². The summed E-state index contributed by atoms with van der Waals surface area (Å²) in [5.74, 6) is 0.00464. The first-order valence-corrected chi connectivity index (χ1v) is 10.3. The molecule has 6 nitrogen and oxygen atoms in total. The monoisotopic (exact) mass is 388 g/mol. The van der Waals surface area contributed by atoms with Gasteiger partial charge in [-0.05, 0) is 48.2 Å². The number of benzene rings is 2. The van der Waals surface area contributed by atoms with Crippen molar-refractivity contribution in [2.24, 2.45) is 0 Å². The number of hydrogen-bond donors (Lipinski definition) is 0. The fourth-order valence-corrected chi connectivity index (χ4v) is 4.30. The van der Waals surface area contributed by atoms with Crippen LogP contribution >= 0.6 is 0 Å². The number of hydrogen-bond acceptors (Lipinski definition) is 3. The van der Waals surface area contributed by atoms with Gasteiger partial charge in [0, 0.05) is 44.0 Å². The van der Waals surface area contributed by atoms with Crippen molar-refractivity contribution in [3.05, 3.63) is 65.5 Å². The summed E-state index contributed by atoms with van der Waals surface area (Å²) in [6.07, 6.45) is 3.28. The maximum atomic E-state index is 12.9. The lowest BCUT2D eigenvalue weighted by Gasteiger charge is -2.34. The first-order chi connectivity index (χ1) is 14.2. The Labute approximate surface area is 169 Å². The molecule has 6 heteroatoms. The van der Waals surface area contributed by atoms with Crippen molar-refractivity contribution in [3.63, 3.8) is 0 Å². The van der Waals surface area contributed by atoms with Crippen LogP contribution in [0.2, 0.25) is 0 Å². The molecule has 0 spiro atoms. The summed E-state index contributed by atoms with van der Waals surface area (Å²) >= 11 is 0. The van der Waals surface area contributed by atoms with Gasteiger partial charge in [-0.15, -0.1) is 0 Å². The van der Waals surface area contributed by atoms with Gasteiger partial charge >= 0.3 is 0 Å². The normalized spacial score (nSPS) is 16.7. The molecule has 2 aliphatic heterocycles. The topological polar surface area (TPSA) is 58.4 Å². The molecular weight excluding hydrogens is 364 g/mol. The van der Waals surface area contributed by atoms with E-state index in [1.54, 1.807) is 0 Å². The maximum Gasteiger partial charge on any atom is 0.274 e. The number of fused-ring (bicyclic) bond motifs is 2. The number of carbonyl (C=O) groups is 2. The standard InChI is InChI=1S/C23H24N4O2/c28-22(19-9-8-17-5-1-2-6-18(17)15-19)25-11-13-26(14-12-25)23(29)21-16-20-7-3-4-10-27(20)24-21/h1-2,5-6,8-9,15-16H,3-4,7,10-14H2. The molecule has 1 saturated heterocycles. The summed E-state index contributed by atoms with van der Waals surface area (Å²) in [5, 5.41) is 6.69. The van der Waals surface area contributed by atoms with Gasteiger partial charge in [0.15, 0.2) is 5.69 Å². The molecule has 0 aliphatic carbocycles. The van der Waals surface area contributed by atoms with E-state index in [0.29, 0.717) is 37.4 Å². The second-order valence-electron chi connectivity index (χ2n) is 7.85. The first kappa shape index (κ1) is 17.9. The zero-order chi connectivity index (χ0) is 19.8. The van der Waals surface area contributed by atoms with Gasteiger partial charge in [-0.3, -0.25) is 14.3 Å². The van der Waals surface area contributed by atoms with Crippen LogP contribution < -0.4 is 0 Å². The molecule has 29 heavy (non-hydrogen) atoms. The zero-order valence-electron chi connectivity index (χ0n) is 16.4. The fraction of sp³-hybridized carbons (Fsp3) is 0.348. The van der Waals surface area contributed by atoms with Crippen molar-refractivity contribution in [2.45, 2.75) is 25.8 Å². The molecule has 1 aromatic heterocycles. The van der Waals surface area contributed by atoms with Gasteiger partial charge in [0.05, 0.1) is 0 Å². The van der Waals surface area contributed by atoms with E-state index in [4.69, 9.17) is 0 Å². The molecule has 0 unspecified atom stereocenters. The molecule has 2 aliphatic rings. The molecular formula is C23H24N4O2. The van der Waals surface area contributed by atoms with Gasteiger partial charge in [-0.1, -0.05) is 30.3 Å². The highest BCUT2D eigenvalue weighted by atomic mass is 16.2. The average Bonchev–Trinajstić information content (AvgIpc) is 3.22. The van der Waals surface area contributed by atoms with Gasteiger partial charge in [-0.2, -0.15) is 5.10 Å². The Morgan fingerprint density at radius 1 is 0.759 bits per heavy atom. The molecule has 3 heterocycles. The predicted molar refractivity (Wildman–Crippen MR) is 111 cm³/mol. The third kappa shape index (κ3) is 3.39. The molecule has 5 rings (SSSR count). The van der Waals surface area contributed by atoms with Crippen LogP contribution in [0.25, 0.3) is 10.8 Å². The van der Waals surface area contributed by atoms with Crippen molar-refractivity contribution in [2.75, 3.05) is 26.2 Å². The fourth-order valence-electron chi connectivity index (χ4n) is 4.30. The van der Waals surface area contributed by atoms with Crippen molar-refractivity contribution >= 4 is 22.6 Å². The molecule has 0 radical (unpaired) electrons. The molecule has 0 N–H and O–H groups in total. The van der Waals surface area contributed by atoms with Crippen LogP contribution in [0, 0.1) is 0 Å². The lowest BCUT2D eigenvalue weighted by atomic mass is 10.1. The number of aryl methyl sites for hydroxylation is 2.